The number of aliphatic imine (C=N–C) groups is 1. The maximum absolute atomic E-state index is 10.2. The van der Waals surface area contributed by atoms with Crippen molar-refractivity contribution in [1.82, 2.24) is 5.32 Å². The van der Waals surface area contributed by atoms with Gasteiger partial charge in [0, 0.05) is 0 Å². The van der Waals surface area contributed by atoms with Gasteiger partial charge in [0.05, 0.1) is 6.20 Å². The molecule has 0 radical (unpaired) electrons. The lowest BCUT2D eigenvalue weighted by Crippen LogP contribution is -2.26. The van der Waals surface area contributed by atoms with Gasteiger partial charge in [-0.15, -0.1) is 4.99 Å². The van der Waals surface area contributed by atoms with Crippen LogP contribution in [0, 0.1) is 10.1 Å². The second kappa shape index (κ2) is 5.40. The standard InChI is InChI=1S/C6H11N3O2/c1-3-5-8-6(7-4-2)9(10)11/h3,5H,4H2,1-2H3,(H,7,8). The maximum atomic E-state index is 10.2. The van der Waals surface area contributed by atoms with Gasteiger partial charge in [-0.3, -0.25) is 0 Å². The zero-order valence-electron chi connectivity index (χ0n) is 6.57. The van der Waals surface area contributed by atoms with E-state index in [1.54, 1.807) is 19.9 Å². The van der Waals surface area contributed by atoms with E-state index in [0.717, 1.165) is 0 Å². The van der Waals surface area contributed by atoms with Crippen LogP contribution in [-0.2, 0) is 0 Å². The molecule has 0 fully saturated rings. The van der Waals surface area contributed by atoms with E-state index in [-0.39, 0.29) is 5.96 Å². The van der Waals surface area contributed by atoms with Crippen LogP contribution in [0.15, 0.2) is 17.3 Å². The molecule has 11 heavy (non-hydrogen) atoms. The van der Waals surface area contributed by atoms with Crippen LogP contribution in [-0.4, -0.2) is 17.4 Å². The van der Waals surface area contributed by atoms with Crippen LogP contribution in [0.4, 0.5) is 0 Å². The molecule has 0 heterocycles. The molecule has 0 amide bonds. The summed E-state index contributed by atoms with van der Waals surface area (Å²) in [6.45, 7) is 3.90. The van der Waals surface area contributed by atoms with E-state index in [1.165, 1.54) is 6.20 Å². The molecular formula is C6H11N3O2. The fourth-order valence-electron chi connectivity index (χ4n) is 0.464. The third-order valence-electron chi connectivity index (χ3n) is 0.860. The van der Waals surface area contributed by atoms with Gasteiger partial charge in [-0.25, -0.2) is 5.32 Å². The molecule has 1 N–H and O–H groups in total. The van der Waals surface area contributed by atoms with Crippen molar-refractivity contribution in [3.05, 3.63) is 22.4 Å². The van der Waals surface area contributed by atoms with Crippen molar-refractivity contribution in [3.63, 3.8) is 0 Å². The second-order valence-corrected chi connectivity index (χ2v) is 1.70. The highest BCUT2D eigenvalue weighted by molar-refractivity contribution is 5.72. The molecule has 62 valence electrons. The average Bonchev–Trinajstić information content (AvgIpc) is 1.97. The summed E-state index contributed by atoms with van der Waals surface area (Å²) in [4.78, 5) is 13.2. The Morgan fingerprint density at radius 2 is 2.45 bits per heavy atom. The molecule has 0 aromatic rings. The quantitative estimate of drug-likeness (QED) is 0.278. The number of allylic oxidation sites excluding steroid dienone is 1. The fourth-order valence-corrected chi connectivity index (χ4v) is 0.464. The molecule has 0 atom stereocenters. The van der Waals surface area contributed by atoms with Gasteiger partial charge in [0.1, 0.15) is 6.54 Å². The lowest BCUT2D eigenvalue weighted by Gasteiger charge is -1.95. The second-order valence-electron chi connectivity index (χ2n) is 1.70. The predicted molar refractivity (Wildman–Crippen MR) is 42.9 cm³/mol. The van der Waals surface area contributed by atoms with Crippen molar-refractivity contribution in [2.75, 3.05) is 6.54 Å². The SMILES string of the molecule is CC=CNC(=NCC)[N+](=O)[O-]. The number of hydrogen-bond acceptors (Lipinski definition) is 3. The third kappa shape index (κ3) is 4.07. The molecule has 0 saturated carbocycles. The number of nitrogens with one attached hydrogen (secondary N) is 1. The normalized spacial score (nSPS) is 12.0. The lowest BCUT2D eigenvalue weighted by atomic mass is 10.7. The van der Waals surface area contributed by atoms with Crippen molar-refractivity contribution in [3.8, 4) is 0 Å². The smallest absolute Gasteiger partial charge is 0.390 e. The summed E-state index contributed by atoms with van der Waals surface area (Å²) in [5, 5.41) is 12.6. The highest BCUT2D eigenvalue weighted by atomic mass is 16.6. The van der Waals surface area contributed by atoms with Gasteiger partial charge in [0.2, 0.25) is 0 Å². The minimum Gasteiger partial charge on any atom is -0.390 e. The summed E-state index contributed by atoms with van der Waals surface area (Å²) >= 11 is 0. The van der Waals surface area contributed by atoms with Gasteiger partial charge in [0.25, 0.3) is 0 Å². The highest BCUT2D eigenvalue weighted by Crippen LogP contribution is 1.77. The van der Waals surface area contributed by atoms with Gasteiger partial charge in [-0.1, -0.05) is 6.08 Å². The molecule has 0 spiro atoms. The highest BCUT2D eigenvalue weighted by Gasteiger charge is 2.04. The number of nitro groups is 1. The van der Waals surface area contributed by atoms with Gasteiger partial charge in [-0.05, 0) is 18.8 Å². The summed E-state index contributed by atoms with van der Waals surface area (Å²) in [6.07, 6.45) is 3.13. The minimum absolute atomic E-state index is 0.217. The van der Waals surface area contributed by atoms with Crippen LogP contribution in [0.5, 0.6) is 0 Å². The van der Waals surface area contributed by atoms with Crippen LogP contribution in [0.2, 0.25) is 0 Å². The van der Waals surface area contributed by atoms with Gasteiger partial charge < -0.3 is 10.1 Å². The monoisotopic (exact) mass is 157 g/mol. The first-order chi connectivity index (χ1) is 5.22. The zero-order valence-corrected chi connectivity index (χ0v) is 6.57. The van der Waals surface area contributed by atoms with E-state index >= 15 is 0 Å². The van der Waals surface area contributed by atoms with Crippen molar-refractivity contribution < 1.29 is 4.92 Å². The maximum Gasteiger partial charge on any atom is 0.426 e. The molecule has 0 bridgehead atoms. The Balaban J connectivity index is 4.12. The molecule has 0 aromatic heterocycles. The minimum atomic E-state index is -0.552. The first-order valence-corrected chi connectivity index (χ1v) is 3.29. The summed E-state index contributed by atoms with van der Waals surface area (Å²) < 4.78 is 0. The summed E-state index contributed by atoms with van der Waals surface area (Å²) in [6, 6.07) is 0. The molecule has 0 aliphatic rings. The zero-order chi connectivity index (χ0) is 8.69. The fraction of sp³-hybridized carbons (Fsp3) is 0.500. The Labute approximate surface area is 65.0 Å². The molecular weight excluding hydrogens is 146 g/mol. The van der Waals surface area contributed by atoms with Crippen LogP contribution in [0.3, 0.4) is 0 Å². The Hall–Kier alpha value is -1.39. The molecule has 0 unspecified atom stereocenters. The molecule has 0 aromatic carbocycles. The summed E-state index contributed by atoms with van der Waals surface area (Å²) in [7, 11) is 0. The van der Waals surface area contributed by atoms with E-state index in [4.69, 9.17) is 0 Å². The van der Waals surface area contributed by atoms with E-state index in [1.807, 2.05) is 0 Å². The van der Waals surface area contributed by atoms with Crippen LogP contribution >= 0.6 is 0 Å². The first kappa shape index (κ1) is 9.61. The molecule has 0 saturated heterocycles. The molecule has 5 heteroatoms. The molecule has 5 nitrogen and oxygen atoms in total. The third-order valence-corrected chi connectivity index (χ3v) is 0.860. The van der Waals surface area contributed by atoms with Crippen LogP contribution < -0.4 is 5.32 Å². The van der Waals surface area contributed by atoms with Gasteiger partial charge in [-0.2, -0.15) is 0 Å². The van der Waals surface area contributed by atoms with E-state index in [9.17, 15) is 10.1 Å². The first-order valence-electron chi connectivity index (χ1n) is 3.29. The van der Waals surface area contributed by atoms with Crippen LogP contribution in [0.25, 0.3) is 0 Å². The topological polar surface area (TPSA) is 67.5 Å². The molecule has 0 rings (SSSR count). The number of hydrogen-bond donors (Lipinski definition) is 1. The number of rotatable bonds is 2. The van der Waals surface area contributed by atoms with Gasteiger partial charge in [0.15, 0.2) is 0 Å². The Kier molecular flexibility index (Phi) is 4.72. The largest absolute Gasteiger partial charge is 0.426 e. The van der Waals surface area contributed by atoms with E-state index < -0.39 is 4.92 Å². The van der Waals surface area contributed by atoms with E-state index in [0.29, 0.717) is 6.54 Å². The van der Waals surface area contributed by atoms with E-state index in [2.05, 4.69) is 10.3 Å². The Morgan fingerprint density at radius 1 is 1.82 bits per heavy atom. The Bertz CT molecular complexity index is 186. The predicted octanol–water partition coefficient (Wildman–Crippen LogP) is 0.762. The number of guanidine groups is 1. The van der Waals surface area contributed by atoms with Crippen molar-refractivity contribution in [1.29, 1.82) is 0 Å². The molecule has 0 aliphatic carbocycles. The van der Waals surface area contributed by atoms with Crippen molar-refractivity contribution in [2.24, 2.45) is 4.99 Å². The van der Waals surface area contributed by atoms with Crippen molar-refractivity contribution in [2.45, 2.75) is 13.8 Å². The van der Waals surface area contributed by atoms with Crippen LogP contribution in [0.1, 0.15) is 13.8 Å². The van der Waals surface area contributed by atoms with Gasteiger partial charge >= 0.3 is 5.96 Å². The average molecular weight is 157 g/mol. The summed E-state index contributed by atoms with van der Waals surface area (Å²) in [5.41, 5.74) is 0. The molecule has 0 aliphatic heterocycles. The number of nitrogens with zero attached hydrogens (tertiary/aromatic N) is 2. The van der Waals surface area contributed by atoms with Crippen molar-refractivity contribution >= 4 is 5.96 Å². The Morgan fingerprint density at radius 3 is 2.82 bits per heavy atom. The lowest BCUT2D eigenvalue weighted by molar-refractivity contribution is -0.354. The summed E-state index contributed by atoms with van der Waals surface area (Å²) in [5.74, 6) is -0.217.